The molecule has 4 unspecified atom stereocenters. The molecule has 0 saturated heterocycles. The number of aromatic nitrogens is 2. The van der Waals surface area contributed by atoms with Gasteiger partial charge in [0.25, 0.3) is 0 Å². The molecule has 1 aromatic heterocycles. The average Bonchev–Trinajstić information content (AvgIpc) is 3.22. The van der Waals surface area contributed by atoms with Gasteiger partial charge in [-0.05, 0) is 30.6 Å². The Morgan fingerprint density at radius 3 is 1.94 bits per heavy atom. The summed E-state index contributed by atoms with van der Waals surface area (Å²) < 4.78 is 0. The topological polar surface area (TPSA) is 179 Å². The minimum absolute atomic E-state index is 0.0403. The van der Waals surface area contributed by atoms with Gasteiger partial charge in [-0.1, -0.05) is 41.5 Å². The number of hydrogen-bond donors (Lipinski definition) is 6. The van der Waals surface area contributed by atoms with E-state index in [9.17, 15) is 24.3 Å². The summed E-state index contributed by atoms with van der Waals surface area (Å²) in [4.78, 5) is 57.1. The van der Waals surface area contributed by atoms with Crippen molar-refractivity contribution in [2.45, 2.75) is 85.0 Å². The molecular formula is C23H40N6O5. The van der Waals surface area contributed by atoms with Gasteiger partial charge < -0.3 is 31.8 Å². The Kier molecular flexibility index (Phi) is 11.7. The Labute approximate surface area is 201 Å². The van der Waals surface area contributed by atoms with Crippen LogP contribution >= 0.6 is 0 Å². The van der Waals surface area contributed by atoms with Crippen LogP contribution in [0.2, 0.25) is 0 Å². The molecule has 0 aromatic carbocycles. The predicted molar refractivity (Wildman–Crippen MR) is 127 cm³/mol. The van der Waals surface area contributed by atoms with Crippen molar-refractivity contribution in [1.29, 1.82) is 0 Å². The zero-order valence-corrected chi connectivity index (χ0v) is 20.9. The Bertz CT molecular complexity index is 809. The van der Waals surface area contributed by atoms with Crippen LogP contribution < -0.4 is 21.7 Å². The fourth-order valence-electron chi connectivity index (χ4n) is 3.46. The van der Waals surface area contributed by atoms with Crippen LogP contribution in [-0.4, -0.2) is 62.9 Å². The number of aromatic amines is 1. The number of imidazole rings is 1. The van der Waals surface area contributed by atoms with Crippen LogP contribution in [-0.2, 0) is 25.6 Å². The van der Waals surface area contributed by atoms with Gasteiger partial charge in [0, 0.05) is 18.3 Å². The molecule has 0 aliphatic rings. The molecule has 0 bridgehead atoms. The lowest BCUT2D eigenvalue weighted by molar-refractivity contribution is -0.143. The first-order chi connectivity index (χ1) is 15.8. The van der Waals surface area contributed by atoms with Crippen LogP contribution in [0.15, 0.2) is 12.5 Å². The highest BCUT2D eigenvalue weighted by Gasteiger charge is 2.32. The van der Waals surface area contributed by atoms with Crippen LogP contribution in [0, 0.1) is 17.8 Å². The number of carboxylic acid groups (broad SMARTS) is 1. The molecule has 1 heterocycles. The Hall–Kier alpha value is -2.95. The maximum Gasteiger partial charge on any atom is 0.326 e. The lowest BCUT2D eigenvalue weighted by atomic mass is 9.99. The number of hydrogen-bond acceptors (Lipinski definition) is 6. The van der Waals surface area contributed by atoms with E-state index in [2.05, 4.69) is 25.9 Å². The molecule has 11 heteroatoms. The van der Waals surface area contributed by atoms with E-state index in [1.807, 2.05) is 27.7 Å². The zero-order chi connectivity index (χ0) is 26.0. The molecule has 192 valence electrons. The van der Waals surface area contributed by atoms with E-state index in [-0.39, 0.29) is 24.2 Å². The first-order valence-corrected chi connectivity index (χ1v) is 11.7. The summed E-state index contributed by atoms with van der Waals surface area (Å²) in [5.74, 6) is -2.89. The first kappa shape index (κ1) is 29.1. The van der Waals surface area contributed by atoms with E-state index in [4.69, 9.17) is 5.73 Å². The number of aliphatic carboxylic acids is 1. The van der Waals surface area contributed by atoms with Crippen molar-refractivity contribution in [2.24, 2.45) is 23.5 Å². The summed E-state index contributed by atoms with van der Waals surface area (Å²) in [6.45, 7) is 11.0. The minimum atomic E-state index is -1.15. The second-order valence-corrected chi connectivity index (χ2v) is 9.84. The standard InChI is InChI=1S/C23H40N6O5/c1-12(2)7-16(24)20(30)27-18(9-15-10-25-11-26-15)21(31)28-17(8-13(3)4)22(32)29-19(14(5)6)23(33)34/h10-14,16-19H,7-9,24H2,1-6H3,(H,25,26)(H,27,30)(H,28,31)(H,29,32)(H,33,34). The van der Waals surface area contributed by atoms with Gasteiger partial charge >= 0.3 is 5.97 Å². The summed E-state index contributed by atoms with van der Waals surface area (Å²) in [6, 6.07) is -3.85. The van der Waals surface area contributed by atoms with Gasteiger partial charge in [-0.15, -0.1) is 0 Å². The fourth-order valence-corrected chi connectivity index (χ4v) is 3.46. The summed E-state index contributed by atoms with van der Waals surface area (Å²) in [5, 5.41) is 17.3. The largest absolute Gasteiger partial charge is 0.480 e. The summed E-state index contributed by atoms with van der Waals surface area (Å²) >= 11 is 0. The van der Waals surface area contributed by atoms with Crippen molar-refractivity contribution in [3.05, 3.63) is 18.2 Å². The number of rotatable bonds is 14. The number of nitrogens with one attached hydrogen (secondary N) is 4. The van der Waals surface area contributed by atoms with Gasteiger partial charge in [-0.3, -0.25) is 14.4 Å². The second kappa shape index (κ2) is 13.7. The van der Waals surface area contributed by atoms with Crippen LogP contribution in [0.3, 0.4) is 0 Å². The Morgan fingerprint density at radius 1 is 0.912 bits per heavy atom. The van der Waals surface area contributed by atoms with Crippen molar-refractivity contribution >= 4 is 23.7 Å². The number of carboxylic acids is 1. The molecule has 1 aromatic rings. The number of amides is 3. The van der Waals surface area contributed by atoms with Crippen molar-refractivity contribution in [3.8, 4) is 0 Å². The third kappa shape index (κ3) is 9.90. The van der Waals surface area contributed by atoms with Gasteiger partial charge in [-0.25, -0.2) is 9.78 Å². The molecule has 3 amide bonds. The molecule has 0 spiro atoms. The van der Waals surface area contributed by atoms with Crippen LogP contribution in [0.25, 0.3) is 0 Å². The van der Waals surface area contributed by atoms with E-state index in [1.165, 1.54) is 6.33 Å². The molecule has 0 saturated carbocycles. The summed E-state index contributed by atoms with van der Waals surface area (Å²) in [6.07, 6.45) is 3.86. The minimum Gasteiger partial charge on any atom is -0.480 e. The van der Waals surface area contributed by atoms with E-state index < -0.39 is 47.9 Å². The molecular weight excluding hydrogens is 440 g/mol. The van der Waals surface area contributed by atoms with E-state index in [0.717, 1.165) is 0 Å². The number of nitrogens with zero attached hydrogens (tertiary/aromatic N) is 1. The molecule has 7 N–H and O–H groups in total. The fraction of sp³-hybridized carbons (Fsp3) is 0.696. The van der Waals surface area contributed by atoms with Gasteiger partial charge in [0.15, 0.2) is 0 Å². The monoisotopic (exact) mass is 480 g/mol. The lowest BCUT2D eigenvalue weighted by Crippen LogP contribution is -2.58. The molecule has 0 aliphatic carbocycles. The van der Waals surface area contributed by atoms with Crippen LogP contribution in [0.5, 0.6) is 0 Å². The normalized spacial score (nSPS) is 15.0. The van der Waals surface area contributed by atoms with Crippen molar-refractivity contribution in [3.63, 3.8) is 0 Å². The van der Waals surface area contributed by atoms with Crippen molar-refractivity contribution in [1.82, 2.24) is 25.9 Å². The quantitative estimate of drug-likeness (QED) is 0.225. The molecule has 0 fully saturated rings. The molecule has 34 heavy (non-hydrogen) atoms. The van der Waals surface area contributed by atoms with Gasteiger partial charge in [0.2, 0.25) is 17.7 Å². The van der Waals surface area contributed by atoms with E-state index >= 15 is 0 Å². The highest BCUT2D eigenvalue weighted by Crippen LogP contribution is 2.10. The summed E-state index contributed by atoms with van der Waals surface area (Å²) in [7, 11) is 0. The maximum atomic E-state index is 13.2. The van der Waals surface area contributed by atoms with Gasteiger partial charge in [0.1, 0.15) is 18.1 Å². The SMILES string of the molecule is CC(C)CC(N)C(=O)NC(Cc1cnc[nH]1)C(=O)NC(CC(C)C)C(=O)NC(C(=O)O)C(C)C. The molecule has 11 nitrogen and oxygen atoms in total. The van der Waals surface area contributed by atoms with Crippen LogP contribution in [0.1, 0.15) is 60.1 Å². The second-order valence-electron chi connectivity index (χ2n) is 9.84. The third-order valence-corrected chi connectivity index (χ3v) is 5.24. The van der Waals surface area contributed by atoms with E-state index in [1.54, 1.807) is 20.0 Å². The third-order valence-electron chi connectivity index (χ3n) is 5.24. The highest BCUT2D eigenvalue weighted by molar-refractivity contribution is 5.94. The average molecular weight is 481 g/mol. The Balaban J connectivity index is 3.05. The zero-order valence-electron chi connectivity index (χ0n) is 20.9. The number of H-pyrrole nitrogens is 1. The number of carbonyl (C=O) groups excluding carboxylic acids is 3. The molecule has 1 rings (SSSR count). The molecule has 4 atom stereocenters. The number of nitrogens with two attached hydrogens (primary N) is 1. The Morgan fingerprint density at radius 2 is 1.47 bits per heavy atom. The molecule has 0 radical (unpaired) electrons. The van der Waals surface area contributed by atoms with E-state index in [0.29, 0.717) is 18.5 Å². The smallest absolute Gasteiger partial charge is 0.326 e. The number of carbonyl (C=O) groups is 4. The van der Waals surface area contributed by atoms with Crippen molar-refractivity contribution < 1.29 is 24.3 Å². The molecule has 0 aliphatic heterocycles. The predicted octanol–water partition coefficient (Wildman–Crippen LogP) is 0.567. The lowest BCUT2D eigenvalue weighted by Gasteiger charge is -2.27. The summed E-state index contributed by atoms with van der Waals surface area (Å²) in [5.41, 5.74) is 6.60. The van der Waals surface area contributed by atoms with Gasteiger partial charge in [0.05, 0.1) is 12.4 Å². The maximum absolute atomic E-state index is 13.2. The first-order valence-electron chi connectivity index (χ1n) is 11.7. The van der Waals surface area contributed by atoms with Crippen LogP contribution in [0.4, 0.5) is 0 Å². The van der Waals surface area contributed by atoms with Crippen molar-refractivity contribution in [2.75, 3.05) is 0 Å². The highest BCUT2D eigenvalue weighted by atomic mass is 16.4. The van der Waals surface area contributed by atoms with Gasteiger partial charge in [-0.2, -0.15) is 0 Å².